The molecule has 0 saturated carbocycles. The van der Waals surface area contributed by atoms with Gasteiger partial charge in [0.15, 0.2) is 5.82 Å². The Bertz CT molecular complexity index is 791. The van der Waals surface area contributed by atoms with Crippen molar-refractivity contribution in [2.75, 3.05) is 20.1 Å². The minimum atomic E-state index is -0.472. The molecule has 0 bridgehead atoms. The van der Waals surface area contributed by atoms with E-state index in [2.05, 4.69) is 20.6 Å². The molecule has 7 nitrogen and oxygen atoms in total. The fourth-order valence-electron chi connectivity index (χ4n) is 3.08. The Balaban J connectivity index is 1.74. The summed E-state index contributed by atoms with van der Waals surface area (Å²) >= 11 is 0. The van der Waals surface area contributed by atoms with E-state index in [4.69, 9.17) is 0 Å². The number of aryl methyl sites for hydroxylation is 1. The topological polar surface area (TPSA) is 87.2 Å². The highest BCUT2D eigenvalue weighted by Gasteiger charge is 2.31. The van der Waals surface area contributed by atoms with Crippen LogP contribution in [0.15, 0.2) is 36.7 Å². The van der Waals surface area contributed by atoms with E-state index >= 15 is 0 Å². The van der Waals surface area contributed by atoms with E-state index < -0.39 is 6.04 Å². The first-order valence-corrected chi connectivity index (χ1v) is 8.67. The maximum atomic E-state index is 12.2. The van der Waals surface area contributed by atoms with Crippen molar-refractivity contribution in [3.8, 4) is 11.4 Å². The van der Waals surface area contributed by atoms with Gasteiger partial charge in [-0.05, 0) is 12.5 Å². The second-order valence-corrected chi connectivity index (χ2v) is 6.38. The van der Waals surface area contributed by atoms with E-state index in [1.807, 2.05) is 36.1 Å². The molecule has 1 aromatic heterocycles. The lowest BCUT2D eigenvalue weighted by molar-refractivity contribution is -0.134. The number of carbonyl (C=O) groups is 2. The van der Waals surface area contributed by atoms with Crippen molar-refractivity contribution in [1.29, 1.82) is 0 Å². The Morgan fingerprint density at radius 1 is 1.31 bits per heavy atom. The van der Waals surface area contributed by atoms with Gasteiger partial charge in [-0.1, -0.05) is 24.3 Å². The lowest BCUT2D eigenvalue weighted by Gasteiger charge is -2.34. The predicted octanol–water partition coefficient (Wildman–Crippen LogP) is 0.889. The van der Waals surface area contributed by atoms with Crippen LogP contribution in [0, 0.1) is 6.92 Å². The monoisotopic (exact) mass is 353 g/mol. The van der Waals surface area contributed by atoms with Crippen LogP contribution in [-0.2, 0) is 16.1 Å². The molecule has 1 saturated heterocycles. The number of carbonyl (C=O) groups excluding carboxylic acids is 2. The predicted molar refractivity (Wildman–Crippen MR) is 98.1 cm³/mol. The van der Waals surface area contributed by atoms with Gasteiger partial charge >= 0.3 is 0 Å². The Hall–Kier alpha value is -2.80. The zero-order chi connectivity index (χ0) is 18.5. The summed E-state index contributed by atoms with van der Waals surface area (Å²) in [5, 5.41) is 5.40. The Kier molecular flexibility index (Phi) is 5.58. The van der Waals surface area contributed by atoms with Gasteiger partial charge in [-0.3, -0.25) is 14.5 Å². The van der Waals surface area contributed by atoms with Gasteiger partial charge in [-0.15, -0.1) is 0 Å². The summed E-state index contributed by atoms with van der Waals surface area (Å²) in [6.07, 6.45) is 3.72. The third kappa shape index (κ3) is 4.05. The second-order valence-electron chi connectivity index (χ2n) is 6.38. The van der Waals surface area contributed by atoms with Crippen LogP contribution in [0.4, 0.5) is 0 Å². The van der Waals surface area contributed by atoms with Gasteiger partial charge < -0.3 is 10.6 Å². The summed E-state index contributed by atoms with van der Waals surface area (Å²) in [6, 6.07) is 7.51. The van der Waals surface area contributed by atoms with E-state index in [0.29, 0.717) is 25.5 Å². The molecule has 2 heterocycles. The van der Waals surface area contributed by atoms with Crippen LogP contribution in [0.5, 0.6) is 0 Å². The molecule has 1 aliphatic rings. The van der Waals surface area contributed by atoms with E-state index in [-0.39, 0.29) is 18.2 Å². The molecule has 3 rings (SSSR count). The maximum Gasteiger partial charge on any atom is 0.237 e. The van der Waals surface area contributed by atoms with Gasteiger partial charge in [0, 0.05) is 50.2 Å². The van der Waals surface area contributed by atoms with Crippen LogP contribution < -0.4 is 10.6 Å². The summed E-state index contributed by atoms with van der Waals surface area (Å²) in [7, 11) is 1.57. The highest BCUT2D eigenvalue weighted by molar-refractivity contribution is 5.88. The smallest absolute Gasteiger partial charge is 0.237 e. The maximum absolute atomic E-state index is 12.2. The summed E-state index contributed by atoms with van der Waals surface area (Å²) in [5.74, 6) is 0.422. The van der Waals surface area contributed by atoms with Crippen LogP contribution >= 0.6 is 0 Å². The number of nitrogens with one attached hydrogen (secondary N) is 2. The Morgan fingerprint density at radius 2 is 2.04 bits per heavy atom. The fourth-order valence-corrected chi connectivity index (χ4v) is 3.08. The van der Waals surface area contributed by atoms with Crippen molar-refractivity contribution in [3.63, 3.8) is 0 Å². The normalized spacial score (nSPS) is 17.6. The molecular formula is C19H23N5O2. The SMILES string of the molecule is CNC(=O)CC1C(=O)NCCN1Cc1cnc(-c2ccccc2C)nc1. The summed E-state index contributed by atoms with van der Waals surface area (Å²) < 4.78 is 0. The molecule has 0 spiro atoms. The third-order valence-corrected chi connectivity index (χ3v) is 4.58. The van der Waals surface area contributed by atoms with Crippen molar-refractivity contribution in [2.45, 2.75) is 25.9 Å². The molecule has 2 N–H and O–H groups in total. The number of nitrogens with zero attached hydrogens (tertiary/aromatic N) is 3. The number of hydrogen-bond acceptors (Lipinski definition) is 5. The van der Waals surface area contributed by atoms with Gasteiger partial charge in [0.25, 0.3) is 0 Å². The van der Waals surface area contributed by atoms with Crippen LogP contribution in [0.25, 0.3) is 11.4 Å². The molecule has 1 fully saturated rings. The molecule has 26 heavy (non-hydrogen) atoms. The van der Waals surface area contributed by atoms with Crippen molar-refractivity contribution in [3.05, 3.63) is 47.8 Å². The van der Waals surface area contributed by atoms with Gasteiger partial charge in [-0.25, -0.2) is 9.97 Å². The molecular weight excluding hydrogens is 330 g/mol. The lowest BCUT2D eigenvalue weighted by Crippen LogP contribution is -2.56. The molecule has 2 amide bonds. The minimum Gasteiger partial charge on any atom is -0.359 e. The molecule has 1 aliphatic heterocycles. The quantitative estimate of drug-likeness (QED) is 0.834. The number of piperazine rings is 1. The van der Waals surface area contributed by atoms with Crippen molar-refractivity contribution < 1.29 is 9.59 Å². The molecule has 1 aromatic carbocycles. The van der Waals surface area contributed by atoms with Crippen LogP contribution in [0.1, 0.15) is 17.5 Å². The van der Waals surface area contributed by atoms with E-state index in [0.717, 1.165) is 16.7 Å². The highest BCUT2D eigenvalue weighted by atomic mass is 16.2. The Labute approximate surface area is 152 Å². The van der Waals surface area contributed by atoms with Gasteiger partial charge in [0.1, 0.15) is 0 Å². The molecule has 7 heteroatoms. The number of aromatic nitrogens is 2. The van der Waals surface area contributed by atoms with Gasteiger partial charge in [-0.2, -0.15) is 0 Å². The van der Waals surface area contributed by atoms with E-state index in [1.165, 1.54) is 0 Å². The minimum absolute atomic E-state index is 0.114. The molecule has 0 aliphatic carbocycles. The Morgan fingerprint density at radius 3 is 2.73 bits per heavy atom. The standard InChI is InChI=1S/C19H23N5O2/c1-13-5-3-4-6-15(13)18-22-10-14(11-23-18)12-24-8-7-21-19(26)16(24)9-17(25)20-2/h3-6,10-11,16H,7-9,12H2,1-2H3,(H,20,25)(H,21,26). The molecule has 1 unspecified atom stereocenters. The second kappa shape index (κ2) is 8.05. The van der Waals surface area contributed by atoms with Crippen molar-refractivity contribution in [2.24, 2.45) is 0 Å². The van der Waals surface area contributed by atoms with Gasteiger partial charge in [0.05, 0.1) is 12.5 Å². The summed E-state index contributed by atoms with van der Waals surface area (Å²) in [4.78, 5) is 34.8. The molecule has 1 atom stereocenters. The third-order valence-electron chi connectivity index (χ3n) is 4.58. The fraction of sp³-hybridized carbons (Fsp3) is 0.368. The van der Waals surface area contributed by atoms with Crippen LogP contribution in [-0.4, -0.2) is 52.9 Å². The van der Waals surface area contributed by atoms with E-state index in [1.54, 1.807) is 19.4 Å². The number of rotatable bonds is 5. The summed E-state index contributed by atoms with van der Waals surface area (Å²) in [6.45, 7) is 3.82. The largest absolute Gasteiger partial charge is 0.359 e. The number of benzene rings is 1. The molecule has 136 valence electrons. The number of hydrogen-bond donors (Lipinski definition) is 2. The average molecular weight is 353 g/mol. The van der Waals surface area contributed by atoms with Crippen molar-refractivity contribution in [1.82, 2.24) is 25.5 Å². The average Bonchev–Trinajstić information content (AvgIpc) is 2.65. The molecule has 0 radical (unpaired) electrons. The first-order valence-electron chi connectivity index (χ1n) is 8.67. The first kappa shape index (κ1) is 18.0. The van der Waals surface area contributed by atoms with Crippen molar-refractivity contribution >= 4 is 11.8 Å². The lowest BCUT2D eigenvalue weighted by atomic mass is 10.1. The zero-order valence-corrected chi connectivity index (χ0v) is 15.0. The molecule has 2 aromatic rings. The van der Waals surface area contributed by atoms with E-state index in [9.17, 15) is 9.59 Å². The summed E-state index contributed by atoms with van der Waals surface area (Å²) in [5.41, 5.74) is 3.05. The zero-order valence-electron chi connectivity index (χ0n) is 15.0. The number of amides is 2. The van der Waals surface area contributed by atoms with Crippen LogP contribution in [0.3, 0.4) is 0 Å². The van der Waals surface area contributed by atoms with Crippen LogP contribution in [0.2, 0.25) is 0 Å². The van der Waals surface area contributed by atoms with Gasteiger partial charge in [0.2, 0.25) is 11.8 Å². The first-order chi connectivity index (χ1) is 12.6. The highest BCUT2D eigenvalue weighted by Crippen LogP contribution is 2.19.